The summed E-state index contributed by atoms with van der Waals surface area (Å²) < 4.78 is 5.32. The fourth-order valence-electron chi connectivity index (χ4n) is 1.15. The number of urea groups is 1. The summed E-state index contributed by atoms with van der Waals surface area (Å²) in [6, 6.07) is 4.76. The lowest BCUT2D eigenvalue weighted by molar-refractivity contribution is 0.221. The van der Waals surface area contributed by atoms with Gasteiger partial charge in [0.05, 0.1) is 5.02 Å². The number of rotatable bonds is 5. The summed E-state index contributed by atoms with van der Waals surface area (Å²) in [6.07, 6.45) is 0.872. The first-order chi connectivity index (χ1) is 8.52. The van der Waals surface area contributed by atoms with Crippen molar-refractivity contribution in [1.29, 1.82) is 0 Å². The lowest BCUT2D eigenvalue weighted by Crippen LogP contribution is -2.41. The summed E-state index contributed by atoms with van der Waals surface area (Å²) in [7, 11) is 0. The van der Waals surface area contributed by atoms with E-state index in [0.29, 0.717) is 15.8 Å². The maximum absolute atomic E-state index is 11.4. The maximum Gasteiger partial charge on any atom is 0.317 e. The molecule has 0 heterocycles. The summed E-state index contributed by atoms with van der Waals surface area (Å²) in [5.41, 5.74) is 0. The van der Waals surface area contributed by atoms with Gasteiger partial charge < -0.3 is 15.4 Å². The van der Waals surface area contributed by atoms with Crippen LogP contribution in [0.1, 0.15) is 20.3 Å². The van der Waals surface area contributed by atoms with Gasteiger partial charge in [-0.3, -0.25) is 0 Å². The fraction of sp³-hybridized carbons (Fsp3) is 0.417. The van der Waals surface area contributed by atoms with Gasteiger partial charge in [0.1, 0.15) is 5.75 Å². The highest BCUT2D eigenvalue weighted by molar-refractivity contribution is 6.35. The average molecular weight is 291 g/mol. The number of hydrogen-bond donors (Lipinski definition) is 2. The monoisotopic (exact) mass is 290 g/mol. The Morgan fingerprint density at radius 3 is 2.78 bits per heavy atom. The van der Waals surface area contributed by atoms with Crippen molar-refractivity contribution in [2.45, 2.75) is 26.3 Å². The van der Waals surface area contributed by atoms with Crippen molar-refractivity contribution in [2.75, 3.05) is 6.73 Å². The fourth-order valence-corrected chi connectivity index (χ4v) is 1.61. The van der Waals surface area contributed by atoms with Gasteiger partial charge in [-0.05, 0) is 31.5 Å². The van der Waals surface area contributed by atoms with Crippen molar-refractivity contribution >= 4 is 29.2 Å². The number of ether oxygens (including phenoxy) is 1. The number of hydrogen-bond acceptors (Lipinski definition) is 2. The van der Waals surface area contributed by atoms with E-state index < -0.39 is 0 Å². The molecule has 1 atom stereocenters. The third-order valence-corrected chi connectivity index (χ3v) is 2.87. The lowest BCUT2D eigenvalue weighted by Gasteiger charge is -2.13. The van der Waals surface area contributed by atoms with E-state index in [1.54, 1.807) is 18.2 Å². The zero-order valence-electron chi connectivity index (χ0n) is 10.3. The van der Waals surface area contributed by atoms with E-state index in [1.165, 1.54) is 0 Å². The van der Waals surface area contributed by atoms with E-state index in [1.807, 2.05) is 13.8 Å². The number of benzene rings is 1. The normalized spacial score (nSPS) is 11.8. The molecular formula is C12H16Cl2N2O2. The van der Waals surface area contributed by atoms with Crippen LogP contribution in [0.3, 0.4) is 0 Å². The molecule has 100 valence electrons. The Bertz CT molecular complexity index is 413. The number of halogens is 2. The summed E-state index contributed by atoms with van der Waals surface area (Å²) in [5.74, 6) is 0.477. The molecule has 0 aromatic heterocycles. The van der Waals surface area contributed by atoms with Gasteiger partial charge in [0.2, 0.25) is 0 Å². The van der Waals surface area contributed by atoms with Crippen LogP contribution in [-0.2, 0) is 0 Å². The maximum atomic E-state index is 11.4. The molecule has 2 amide bonds. The highest BCUT2D eigenvalue weighted by Crippen LogP contribution is 2.27. The number of nitrogens with one attached hydrogen (secondary N) is 2. The van der Waals surface area contributed by atoms with Crippen LogP contribution < -0.4 is 15.4 Å². The third kappa shape index (κ3) is 5.02. The molecule has 1 rings (SSSR count). The molecule has 0 aliphatic heterocycles. The predicted molar refractivity (Wildman–Crippen MR) is 73.4 cm³/mol. The molecule has 0 aliphatic rings. The minimum absolute atomic E-state index is 0.0453. The van der Waals surface area contributed by atoms with Gasteiger partial charge in [-0.25, -0.2) is 4.79 Å². The van der Waals surface area contributed by atoms with Gasteiger partial charge in [-0.15, -0.1) is 0 Å². The molecule has 6 heteroatoms. The molecule has 0 fully saturated rings. The van der Waals surface area contributed by atoms with Gasteiger partial charge in [0, 0.05) is 11.1 Å². The lowest BCUT2D eigenvalue weighted by atomic mass is 10.3. The predicted octanol–water partition coefficient (Wildman–Crippen LogP) is 3.43. The summed E-state index contributed by atoms with van der Waals surface area (Å²) in [6.45, 7) is 3.97. The molecule has 18 heavy (non-hydrogen) atoms. The van der Waals surface area contributed by atoms with Crippen molar-refractivity contribution in [3.05, 3.63) is 28.2 Å². The van der Waals surface area contributed by atoms with E-state index >= 15 is 0 Å². The first-order valence-corrected chi connectivity index (χ1v) is 6.40. The quantitative estimate of drug-likeness (QED) is 0.817. The largest absolute Gasteiger partial charge is 0.472 e. The highest BCUT2D eigenvalue weighted by Gasteiger charge is 2.05. The molecule has 0 saturated carbocycles. The number of carbonyl (C=O) groups excluding carboxylic acids is 1. The van der Waals surface area contributed by atoms with Crippen molar-refractivity contribution in [3.8, 4) is 5.75 Å². The first-order valence-electron chi connectivity index (χ1n) is 5.65. The standard InChI is InChI=1S/C12H16Cl2N2O2/c1-3-8(2)16-12(17)15-7-18-11-5-4-9(13)6-10(11)14/h4-6,8H,3,7H2,1-2H3,(H2,15,16,17). The van der Waals surface area contributed by atoms with Gasteiger partial charge in [0.25, 0.3) is 0 Å². The van der Waals surface area contributed by atoms with Crippen LogP contribution in [0.25, 0.3) is 0 Å². The smallest absolute Gasteiger partial charge is 0.317 e. The second-order valence-corrected chi connectivity index (χ2v) is 4.67. The Morgan fingerprint density at radius 2 is 2.17 bits per heavy atom. The van der Waals surface area contributed by atoms with Gasteiger partial charge in [0.15, 0.2) is 6.73 Å². The van der Waals surface area contributed by atoms with Crippen LogP contribution in [0.5, 0.6) is 5.75 Å². The van der Waals surface area contributed by atoms with Crippen LogP contribution in [0.15, 0.2) is 18.2 Å². The van der Waals surface area contributed by atoms with E-state index in [9.17, 15) is 4.79 Å². The first kappa shape index (κ1) is 14.9. The second-order valence-electron chi connectivity index (χ2n) is 3.82. The van der Waals surface area contributed by atoms with Crippen molar-refractivity contribution in [2.24, 2.45) is 0 Å². The van der Waals surface area contributed by atoms with E-state index in [0.717, 1.165) is 6.42 Å². The summed E-state index contributed by atoms with van der Waals surface area (Å²) >= 11 is 11.7. The summed E-state index contributed by atoms with van der Waals surface area (Å²) in [5, 5.41) is 6.28. The van der Waals surface area contributed by atoms with Gasteiger partial charge >= 0.3 is 6.03 Å². The molecule has 1 unspecified atom stereocenters. The Labute approximate surface area is 117 Å². The van der Waals surface area contributed by atoms with Crippen molar-refractivity contribution in [1.82, 2.24) is 10.6 Å². The average Bonchev–Trinajstić information content (AvgIpc) is 2.31. The topological polar surface area (TPSA) is 50.4 Å². The Morgan fingerprint density at radius 1 is 1.44 bits per heavy atom. The molecule has 0 bridgehead atoms. The molecule has 0 aliphatic carbocycles. The second kappa shape index (κ2) is 7.34. The highest BCUT2D eigenvalue weighted by atomic mass is 35.5. The van der Waals surface area contributed by atoms with Crippen LogP contribution in [0, 0.1) is 0 Å². The number of amides is 2. The SMILES string of the molecule is CCC(C)NC(=O)NCOc1ccc(Cl)cc1Cl. The van der Waals surface area contributed by atoms with E-state index in [4.69, 9.17) is 27.9 Å². The van der Waals surface area contributed by atoms with E-state index in [2.05, 4.69) is 10.6 Å². The zero-order valence-corrected chi connectivity index (χ0v) is 11.8. The summed E-state index contributed by atoms with van der Waals surface area (Å²) in [4.78, 5) is 11.4. The van der Waals surface area contributed by atoms with Gasteiger partial charge in [-0.1, -0.05) is 30.1 Å². The molecule has 1 aromatic rings. The molecule has 0 saturated heterocycles. The molecule has 2 N–H and O–H groups in total. The molecule has 4 nitrogen and oxygen atoms in total. The Balaban J connectivity index is 2.35. The van der Waals surface area contributed by atoms with Crippen LogP contribution in [0.4, 0.5) is 4.79 Å². The molecule has 0 radical (unpaired) electrons. The third-order valence-electron chi connectivity index (χ3n) is 2.34. The minimum Gasteiger partial charge on any atom is -0.472 e. The Hall–Kier alpha value is -1.13. The molecule has 0 spiro atoms. The van der Waals surface area contributed by atoms with Crippen molar-refractivity contribution < 1.29 is 9.53 Å². The van der Waals surface area contributed by atoms with Gasteiger partial charge in [-0.2, -0.15) is 0 Å². The van der Waals surface area contributed by atoms with Crippen LogP contribution in [-0.4, -0.2) is 18.8 Å². The number of carbonyl (C=O) groups is 1. The minimum atomic E-state index is -0.269. The van der Waals surface area contributed by atoms with Crippen molar-refractivity contribution in [3.63, 3.8) is 0 Å². The Kier molecular flexibility index (Phi) is 6.09. The molecular weight excluding hydrogens is 275 g/mol. The molecule has 1 aromatic carbocycles. The van der Waals surface area contributed by atoms with Crippen LogP contribution in [0.2, 0.25) is 10.0 Å². The zero-order chi connectivity index (χ0) is 13.5. The van der Waals surface area contributed by atoms with Crippen LogP contribution >= 0.6 is 23.2 Å². The van der Waals surface area contributed by atoms with E-state index in [-0.39, 0.29) is 18.8 Å².